The Labute approximate surface area is 121 Å². The third-order valence-electron chi connectivity index (χ3n) is 2.58. The zero-order valence-corrected chi connectivity index (χ0v) is 11.8. The Morgan fingerprint density at radius 3 is 2.65 bits per heavy atom. The predicted molar refractivity (Wildman–Crippen MR) is 77.3 cm³/mol. The second-order valence-corrected chi connectivity index (χ2v) is 4.33. The Morgan fingerprint density at radius 2 is 2.05 bits per heavy atom. The molecule has 0 bridgehead atoms. The third-order valence-corrected chi connectivity index (χ3v) is 2.94. The van der Waals surface area contributed by atoms with Crippen molar-refractivity contribution in [2.45, 2.75) is 6.92 Å². The van der Waals surface area contributed by atoms with Gasteiger partial charge < -0.3 is 10.5 Å². The molecule has 0 radical (unpaired) electrons. The molecule has 0 aromatic carbocycles. The number of carbonyl (C=O) groups is 1. The number of nitrogens with two attached hydrogens (primary N) is 1. The van der Waals surface area contributed by atoms with E-state index in [0.29, 0.717) is 17.2 Å². The first-order valence-electron chi connectivity index (χ1n) is 5.75. The largest absolute Gasteiger partial charge is 0.480 e. The second kappa shape index (κ2) is 5.75. The van der Waals surface area contributed by atoms with Gasteiger partial charge in [0.25, 0.3) is 0 Å². The maximum atomic E-state index is 11.9. The van der Waals surface area contributed by atoms with Crippen LogP contribution < -0.4 is 15.4 Å². The summed E-state index contributed by atoms with van der Waals surface area (Å²) in [5.74, 6) is 0.366. The number of ether oxygens (including phenoxy) is 1. The van der Waals surface area contributed by atoms with Gasteiger partial charge >= 0.3 is 0 Å². The van der Waals surface area contributed by atoms with Crippen LogP contribution in [0, 0.1) is 0 Å². The Kier molecular flexibility index (Phi) is 4.05. The minimum atomic E-state index is -0.252. The van der Waals surface area contributed by atoms with Crippen LogP contribution in [0.1, 0.15) is 6.92 Å². The summed E-state index contributed by atoms with van der Waals surface area (Å²) in [5.41, 5.74) is 6.65. The molecular weight excluding hydrogens is 280 g/mol. The fraction of sp³-hybridized carbons (Fsp3) is 0.154. The lowest BCUT2D eigenvalue weighted by Crippen LogP contribution is -2.24. The molecule has 104 valence electrons. The van der Waals surface area contributed by atoms with Crippen LogP contribution in [0.3, 0.4) is 0 Å². The quantitative estimate of drug-likeness (QED) is 0.939. The molecule has 2 aromatic heterocycles. The first kappa shape index (κ1) is 14.1. The molecule has 2 heterocycles. The molecule has 0 saturated carbocycles. The van der Waals surface area contributed by atoms with Gasteiger partial charge in [0.2, 0.25) is 11.8 Å². The number of pyridine rings is 2. The van der Waals surface area contributed by atoms with Crippen LogP contribution in [-0.4, -0.2) is 23.0 Å². The molecule has 0 atom stereocenters. The van der Waals surface area contributed by atoms with Gasteiger partial charge in [0.1, 0.15) is 10.8 Å². The van der Waals surface area contributed by atoms with Crippen molar-refractivity contribution in [2.75, 3.05) is 17.7 Å². The summed E-state index contributed by atoms with van der Waals surface area (Å²) in [6, 6.07) is 4.83. The van der Waals surface area contributed by atoms with Gasteiger partial charge in [-0.05, 0) is 12.1 Å². The van der Waals surface area contributed by atoms with Crippen molar-refractivity contribution < 1.29 is 9.53 Å². The number of nitrogens with zero attached hydrogens (tertiary/aromatic N) is 3. The highest BCUT2D eigenvalue weighted by molar-refractivity contribution is 6.35. The number of rotatable bonds is 3. The molecule has 6 nitrogen and oxygen atoms in total. The summed E-state index contributed by atoms with van der Waals surface area (Å²) in [7, 11) is 1.45. The fourth-order valence-corrected chi connectivity index (χ4v) is 2.01. The summed E-state index contributed by atoms with van der Waals surface area (Å²) in [4.78, 5) is 21.4. The van der Waals surface area contributed by atoms with Gasteiger partial charge in [-0.15, -0.1) is 0 Å². The van der Waals surface area contributed by atoms with Gasteiger partial charge in [0, 0.05) is 31.1 Å². The molecule has 2 rings (SSSR count). The number of hydrogen-bond acceptors (Lipinski definition) is 5. The molecule has 1 amide bonds. The van der Waals surface area contributed by atoms with Gasteiger partial charge in [-0.1, -0.05) is 11.6 Å². The average Bonchev–Trinajstić information content (AvgIpc) is 2.41. The Balaban J connectivity index is 2.58. The summed E-state index contributed by atoms with van der Waals surface area (Å²) < 4.78 is 5.05. The highest BCUT2D eigenvalue weighted by Crippen LogP contribution is 2.36. The molecule has 0 saturated heterocycles. The normalized spacial score (nSPS) is 10.2. The van der Waals surface area contributed by atoms with E-state index in [1.54, 1.807) is 18.2 Å². The summed E-state index contributed by atoms with van der Waals surface area (Å²) in [6.07, 6.45) is 3.02. The number of methoxy groups -OCH3 is 1. The second-order valence-electron chi connectivity index (χ2n) is 3.96. The molecular formula is C13H13ClN4O2. The van der Waals surface area contributed by atoms with Crippen LogP contribution >= 0.6 is 11.6 Å². The van der Waals surface area contributed by atoms with Crippen LogP contribution in [0.4, 0.5) is 17.2 Å². The highest BCUT2D eigenvalue weighted by Gasteiger charge is 2.21. The van der Waals surface area contributed by atoms with E-state index in [1.165, 1.54) is 31.3 Å². The highest BCUT2D eigenvalue weighted by atomic mass is 35.5. The Morgan fingerprint density at radius 1 is 1.35 bits per heavy atom. The van der Waals surface area contributed by atoms with Gasteiger partial charge in [-0.3, -0.25) is 9.69 Å². The van der Waals surface area contributed by atoms with E-state index < -0.39 is 0 Å². The van der Waals surface area contributed by atoms with Crippen LogP contribution in [0.15, 0.2) is 30.6 Å². The lowest BCUT2D eigenvalue weighted by molar-refractivity contribution is -0.115. The standard InChI is InChI=1S/C13H13ClN4O2/c1-8(19)18(11-7-9(15)3-5-16-11)10-4-6-17-13(20-2)12(10)14/h3-7H,1-2H3,(H2,15,16). The average molecular weight is 293 g/mol. The summed E-state index contributed by atoms with van der Waals surface area (Å²) in [5, 5.41) is 0.231. The van der Waals surface area contributed by atoms with Crippen molar-refractivity contribution in [1.82, 2.24) is 9.97 Å². The lowest BCUT2D eigenvalue weighted by Gasteiger charge is -2.21. The Hall–Kier alpha value is -2.34. The molecule has 2 aromatic rings. The number of amides is 1. The van der Waals surface area contributed by atoms with Crippen molar-refractivity contribution >= 4 is 34.7 Å². The smallest absolute Gasteiger partial charge is 0.234 e. The van der Waals surface area contributed by atoms with Gasteiger partial charge in [-0.25, -0.2) is 9.97 Å². The molecule has 0 fully saturated rings. The molecule has 0 aliphatic heterocycles. The zero-order valence-electron chi connectivity index (χ0n) is 11.0. The van der Waals surface area contributed by atoms with E-state index >= 15 is 0 Å². The van der Waals surface area contributed by atoms with Crippen molar-refractivity contribution in [3.8, 4) is 5.88 Å². The number of nitrogen functional groups attached to an aromatic ring is 1. The van der Waals surface area contributed by atoms with Gasteiger partial charge in [0.15, 0.2) is 0 Å². The molecule has 20 heavy (non-hydrogen) atoms. The number of hydrogen-bond donors (Lipinski definition) is 1. The molecule has 2 N–H and O–H groups in total. The van der Waals surface area contributed by atoms with Crippen molar-refractivity contribution in [3.63, 3.8) is 0 Å². The van der Waals surface area contributed by atoms with E-state index in [9.17, 15) is 4.79 Å². The first-order chi connectivity index (χ1) is 9.54. The number of carbonyl (C=O) groups excluding carboxylic acids is 1. The molecule has 0 aliphatic rings. The molecule has 0 unspecified atom stereocenters. The summed E-state index contributed by atoms with van der Waals surface area (Å²) >= 11 is 6.20. The van der Waals surface area contributed by atoms with Crippen LogP contribution in [-0.2, 0) is 4.79 Å². The molecule has 0 aliphatic carbocycles. The number of halogens is 1. The minimum absolute atomic E-state index is 0.231. The summed E-state index contributed by atoms with van der Waals surface area (Å²) in [6.45, 7) is 1.41. The van der Waals surface area contributed by atoms with E-state index in [2.05, 4.69) is 9.97 Å². The lowest BCUT2D eigenvalue weighted by atomic mass is 10.3. The fourth-order valence-electron chi connectivity index (χ4n) is 1.74. The van der Waals surface area contributed by atoms with E-state index in [1.807, 2.05) is 0 Å². The van der Waals surface area contributed by atoms with Gasteiger partial charge in [0.05, 0.1) is 12.8 Å². The molecule has 0 spiro atoms. The van der Waals surface area contributed by atoms with Gasteiger partial charge in [-0.2, -0.15) is 0 Å². The predicted octanol–water partition coefficient (Wildman–Crippen LogP) is 2.41. The number of aromatic nitrogens is 2. The van der Waals surface area contributed by atoms with Crippen LogP contribution in [0.25, 0.3) is 0 Å². The van der Waals surface area contributed by atoms with Crippen molar-refractivity contribution in [1.29, 1.82) is 0 Å². The monoisotopic (exact) mass is 292 g/mol. The van der Waals surface area contributed by atoms with Crippen molar-refractivity contribution in [3.05, 3.63) is 35.6 Å². The van der Waals surface area contributed by atoms with Crippen LogP contribution in [0.2, 0.25) is 5.02 Å². The third kappa shape index (κ3) is 2.65. The van der Waals surface area contributed by atoms with E-state index in [0.717, 1.165) is 0 Å². The maximum absolute atomic E-state index is 11.9. The zero-order chi connectivity index (χ0) is 14.7. The first-order valence-corrected chi connectivity index (χ1v) is 6.13. The Bertz CT molecular complexity index is 648. The SMILES string of the molecule is COc1nccc(N(C(C)=O)c2cc(N)ccn2)c1Cl. The maximum Gasteiger partial charge on any atom is 0.234 e. The van der Waals surface area contributed by atoms with E-state index in [-0.39, 0.29) is 16.8 Å². The minimum Gasteiger partial charge on any atom is -0.480 e. The van der Waals surface area contributed by atoms with Crippen molar-refractivity contribution in [2.24, 2.45) is 0 Å². The topological polar surface area (TPSA) is 81.3 Å². The van der Waals surface area contributed by atoms with E-state index in [4.69, 9.17) is 22.1 Å². The number of anilines is 3. The molecule has 7 heteroatoms. The van der Waals surface area contributed by atoms with Crippen LogP contribution in [0.5, 0.6) is 5.88 Å².